The molecule has 9 nitrogen and oxygen atoms in total. The lowest BCUT2D eigenvalue weighted by molar-refractivity contribution is -0.870. The van der Waals surface area contributed by atoms with Crippen LogP contribution in [0, 0.1) is 0 Å². The maximum absolute atomic E-state index is 13.5. The standard InChI is InChI=1S/C66H117N2O7P/c1-7-10-13-16-19-22-25-28-30-31-32-33-34-35-36-37-39-40-43-46-49-52-55-58-65(69)67-63(62-74-76(71,72)73-61-60-68(4,5)6)64(57-54-51-48-45-42-27-24-21-18-15-12-9-3)75-66(70)59-56-53-50-47-44-41-38-29-26-23-20-17-14-11-8-2/h10,13,19-20,22-23,26,28-30,32-33,35-36,54,57,63-64H,7-9,11-12,14-18,21,24-25,27,31,34,37-53,55-56,58-62H2,1-6H3,(H-,67,69,71,72)/b13-10-,22-19-,23-20+,29-26+,30-28-,33-32-,36-35-,57-54-. The van der Waals surface area contributed by atoms with Crippen molar-refractivity contribution in [1.82, 2.24) is 5.32 Å². The lowest BCUT2D eigenvalue weighted by Crippen LogP contribution is -2.47. The first-order valence-corrected chi connectivity index (χ1v) is 32.5. The van der Waals surface area contributed by atoms with E-state index >= 15 is 0 Å². The van der Waals surface area contributed by atoms with Crippen LogP contribution in [0.3, 0.4) is 0 Å². The van der Waals surface area contributed by atoms with Crippen LogP contribution in [0.1, 0.15) is 258 Å². The van der Waals surface area contributed by atoms with Gasteiger partial charge in [-0.1, -0.05) is 240 Å². The molecule has 0 aliphatic heterocycles. The number of hydrogen-bond donors (Lipinski definition) is 1. The van der Waals surface area contributed by atoms with E-state index in [1.807, 2.05) is 33.3 Å². The third kappa shape index (κ3) is 55.7. The van der Waals surface area contributed by atoms with Gasteiger partial charge in [0, 0.05) is 12.8 Å². The summed E-state index contributed by atoms with van der Waals surface area (Å²) in [5, 5.41) is 3.02. The summed E-state index contributed by atoms with van der Waals surface area (Å²) in [5.41, 5.74) is 0. The second-order valence-corrected chi connectivity index (χ2v) is 23.3. The Balaban J connectivity index is 5.26. The summed E-state index contributed by atoms with van der Waals surface area (Å²) >= 11 is 0. The minimum absolute atomic E-state index is 0.0311. The van der Waals surface area contributed by atoms with E-state index in [0.717, 1.165) is 128 Å². The van der Waals surface area contributed by atoms with Crippen LogP contribution in [0.5, 0.6) is 0 Å². The maximum Gasteiger partial charge on any atom is 0.306 e. The Morgan fingerprint density at radius 2 is 0.882 bits per heavy atom. The van der Waals surface area contributed by atoms with E-state index in [9.17, 15) is 19.0 Å². The van der Waals surface area contributed by atoms with Crippen LogP contribution in [0.25, 0.3) is 0 Å². The molecule has 10 heteroatoms. The molecule has 0 radical (unpaired) electrons. The van der Waals surface area contributed by atoms with Crippen molar-refractivity contribution in [3.8, 4) is 0 Å². The molecular weight excluding hydrogens is 964 g/mol. The number of phosphoric ester groups is 1. The SMILES string of the molecule is CC/C=C\C/C=C\C/C=C\C/C=C\C/C=C\CCCCCCCCCC(=O)NC(COP(=O)([O-])OCC[N+](C)(C)C)C(/C=C\CCCCCCCCCCCC)OC(=O)CCCCCCCC/C=C/C=C/CCCCC. The summed E-state index contributed by atoms with van der Waals surface area (Å²) in [6, 6.07) is -0.904. The fourth-order valence-electron chi connectivity index (χ4n) is 8.48. The molecule has 0 aliphatic rings. The average molecular weight is 1080 g/mol. The highest BCUT2D eigenvalue weighted by Crippen LogP contribution is 2.38. The minimum atomic E-state index is -4.71. The molecule has 0 bridgehead atoms. The summed E-state index contributed by atoms with van der Waals surface area (Å²) in [5.74, 6) is -0.570. The van der Waals surface area contributed by atoms with E-state index in [1.54, 1.807) is 0 Å². The number of nitrogens with zero attached hydrogens (tertiary/aromatic N) is 1. The summed E-state index contributed by atoms with van der Waals surface area (Å²) in [6.07, 6.45) is 73.7. The molecule has 0 aliphatic carbocycles. The molecule has 0 saturated heterocycles. The third-order valence-corrected chi connectivity index (χ3v) is 14.2. The number of rotatable bonds is 55. The van der Waals surface area contributed by atoms with Gasteiger partial charge in [0.05, 0.1) is 33.8 Å². The normalized spacial score (nSPS) is 14.4. The minimum Gasteiger partial charge on any atom is -0.756 e. The van der Waals surface area contributed by atoms with Crippen LogP contribution in [-0.4, -0.2) is 69.4 Å². The molecule has 76 heavy (non-hydrogen) atoms. The third-order valence-electron chi connectivity index (χ3n) is 13.3. The summed E-state index contributed by atoms with van der Waals surface area (Å²) in [4.78, 5) is 40.0. The number of carbonyl (C=O) groups is 2. The van der Waals surface area contributed by atoms with E-state index in [2.05, 4.69) is 111 Å². The average Bonchev–Trinajstić information content (AvgIpc) is 3.38. The fraction of sp³-hybridized carbons (Fsp3) is 0.727. The zero-order valence-corrected chi connectivity index (χ0v) is 50.8. The predicted octanol–water partition coefficient (Wildman–Crippen LogP) is 18.5. The number of unbranched alkanes of at least 4 members (excludes halogenated alkanes) is 26. The number of phosphoric acid groups is 1. The van der Waals surface area contributed by atoms with Gasteiger partial charge < -0.3 is 28.5 Å². The number of amides is 1. The molecule has 0 spiro atoms. The first-order valence-electron chi connectivity index (χ1n) is 31.1. The smallest absolute Gasteiger partial charge is 0.306 e. The molecular formula is C66H117N2O7P. The first-order chi connectivity index (χ1) is 36.9. The second-order valence-electron chi connectivity index (χ2n) is 21.9. The number of esters is 1. The van der Waals surface area contributed by atoms with Crippen LogP contribution in [0.4, 0.5) is 0 Å². The van der Waals surface area contributed by atoms with E-state index in [-0.39, 0.29) is 24.9 Å². The quantitative estimate of drug-likeness (QED) is 0.0161. The van der Waals surface area contributed by atoms with Crippen molar-refractivity contribution in [2.75, 3.05) is 40.9 Å². The van der Waals surface area contributed by atoms with Crippen molar-refractivity contribution in [1.29, 1.82) is 0 Å². The molecule has 438 valence electrons. The van der Waals surface area contributed by atoms with E-state index in [1.165, 1.54) is 89.9 Å². The van der Waals surface area contributed by atoms with Gasteiger partial charge in [-0.05, 0) is 102 Å². The van der Waals surface area contributed by atoms with Crippen molar-refractivity contribution in [2.45, 2.75) is 270 Å². The van der Waals surface area contributed by atoms with E-state index in [4.69, 9.17) is 13.8 Å². The predicted molar refractivity (Wildman–Crippen MR) is 325 cm³/mol. The van der Waals surface area contributed by atoms with Crippen molar-refractivity contribution in [2.24, 2.45) is 0 Å². The lowest BCUT2D eigenvalue weighted by Gasteiger charge is -2.30. The zero-order chi connectivity index (χ0) is 55.7. The van der Waals surface area contributed by atoms with E-state index in [0.29, 0.717) is 23.9 Å². The van der Waals surface area contributed by atoms with Gasteiger partial charge in [-0.2, -0.15) is 0 Å². The topological polar surface area (TPSA) is 114 Å². The number of hydrogen-bond acceptors (Lipinski definition) is 7. The first kappa shape index (κ1) is 72.9. The highest BCUT2D eigenvalue weighted by Gasteiger charge is 2.27. The van der Waals surface area contributed by atoms with Gasteiger partial charge in [0.2, 0.25) is 5.91 Å². The van der Waals surface area contributed by atoms with Crippen LogP contribution < -0.4 is 10.2 Å². The fourth-order valence-corrected chi connectivity index (χ4v) is 9.20. The Morgan fingerprint density at radius 1 is 0.487 bits per heavy atom. The van der Waals surface area contributed by atoms with Crippen molar-refractivity contribution >= 4 is 19.7 Å². The van der Waals surface area contributed by atoms with Gasteiger partial charge in [0.25, 0.3) is 7.82 Å². The van der Waals surface area contributed by atoms with Crippen LogP contribution in [0.15, 0.2) is 97.2 Å². The molecule has 0 fully saturated rings. The van der Waals surface area contributed by atoms with Crippen LogP contribution >= 0.6 is 7.82 Å². The largest absolute Gasteiger partial charge is 0.756 e. The molecule has 0 rings (SSSR count). The number of ether oxygens (including phenoxy) is 1. The molecule has 0 aromatic heterocycles. The van der Waals surface area contributed by atoms with Crippen molar-refractivity contribution < 1.29 is 37.3 Å². The molecule has 1 amide bonds. The summed E-state index contributed by atoms with van der Waals surface area (Å²) in [7, 11) is 1.16. The monoisotopic (exact) mass is 1080 g/mol. The number of quaternary nitrogens is 1. The van der Waals surface area contributed by atoms with Crippen LogP contribution in [0.2, 0.25) is 0 Å². The molecule has 3 unspecified atom stereocenters. The number of carbonyl (C=O) groups excluding carboxylic acids is 2. The summed E-state index contributed by atoms with van der Waals surface area (Å²) in [6.45, 7) is 6.68. The van der Waals surface area contributed by atoms with Gasteiger partial charge in [-0.15, -0.1) is 0 Å². The van der Waals surface area contributed by atoms with Gasteiger partial charge in [-0.3, -0.25) is 14.2 Å². The molecule has 0 aromatic rings. The van der Waals surface area contributed by atoms with Gasteiger partial charge in [-0.25, -0.2) is 0 Å². The molecule has 0 saturated carbocycles. The van der Waals surface area contributed by atoms with Gasteiger partial charge in [0.1, 0.15) is 19.3 Å². The highest BCUT2D eigenvalue weighted by atomic mass is 31.2. The number of likely N-dealkylation sites (N-methyl/N-ethyl adjacent to an activating group) is 1. The Kier molecular flexibility index (Phi) is 53.0. The lowest BCUT2D eigenvalue weighted by atomic mass is 10.0. The zero-order valence-electron chi connectivity index (χ0n) is 49.9. The second kappa shape index (κ2) is 55.3. The number of allylic oxidation sites excluding steroid dienone is 15. The molecule has 0 aromatic carbocycles. The Bertz CT molecular complexity index is 1620. The Labute approximate surface area is 468 Å². The van der Waals surface area contributed by atoms with Crippen molar-refractivity contribution in [3.05, 3.63) is 97.2 Å². The van der Waals surface area contributed by atoms with Gasteiger partial charge >= 0.3 is 5.97 Å². The van der Waals surface area contributed by atoms with Gasteiger partial charge in [0.15, 0.2) is 0 Å². The Morgan fingerprint density at radius 3 is 1.37 bits per heavy atom. The summed E-state index contributed by atoms with van der Waals surface area (Å²) < 4.78 is 30.3. The van der Waals surface area contributed by atoms with E-state index < -0.39 is 26.6 Å². The number of nitrogens with one attached hydrogen (secondary N) is 1. The van der Waals surface area contributed by atoms with Crippen LogP contribution in [-0.2, 0) is 27.9 Å². The highest BCUT2D eigenvalue weighted by molar-refractivity contribution is 7.45. The van der Waals surface area contributed by atoms with Crippen molar-refractivity contribution in [3.63, 3.8) is 0 Å². The molecule has 3 atom stereocenters. The molecule has 0 heterocycles. The maximum atomic E-state index is 13.5. The molecule has 1 N–H and O–H groups in total. The Hall–Kier alpha value is -3.07.